The van der Waals surface area contributed by atoms with Gasteiger partial charge >= 0.3 is 5.97 Å². The Labute approximate surface area is 152 Å². The van der Waals surface area contributed by atoms with Crippen molar-refractivity contribution in [3.05, 3.63) is 29.8 Å². The molecule has 0 aromatic heterocycles. The van der Waals surface area contributed by atoms with Gasteiger partial charge in [-0.1, -0.05) is 6.92 Å². The van der Waals surface area contributed by atoms with Crippen molar-refractivity contribution in [1.29, 1.82) is 5.26 Å². The third-order valence-electron chi connectivity index (χ3n) is 4.09. The SMILES string of the molecule is CCNS(=O)(=O)c1ccc(C(=O)OCC(=O)N[C@@](C)(C#N)C2CC2)cc1. The van der Waals surface area contributed by atoms with E-state index in [1.54, 1.807) is 13.8 Å². The maximum Gasteiger partial charge on any atom is 0.338 e. The van der Waals surface area contributed by atoms with E-state index < -0.39 is 34.0 Å². The fraction of sp³-hybridized carbons (Fsp3) is 0.471. The molecule has 0 aliphatic heterocycles. The molecule has 0 heterocycles. The maximum atomic E-state index is 12.0. The summed E-state index contributed by atoms with van der Waals surface area (Å²) < 4.78 is 31.0. The highest BCUT2D eigenvalue weighted by Crippen LogP contribution is 2.39. The second-order valence-corrected chi connectivity index (χ2v) is 8.01. The number of rotatable bonds is 8. The zero-order chi connectivity index (χ0) is 19.4. The molecule has 1 fully saturated rings. The molecule has 1 amide bonds. The number of esters is 1. The lowest BCUT2D eigenvalue weighted by Gasteiger charge is -2.22. The van der Waals surface area contributed by atoms with E-state index >= 15 is 0 Å². The molecule has 0 saturated heterocycles. The molecule has 0 bridgehead atoms. The Morgan fingerprint density at radius 2 is 1.92 bits per heavy atom. The van der Waals surface area contributed by atoms with Crippen LogP contribution in [-0.4, -0.2) is 39.0 Å². The molecule has 8 nitrogen and oxygen atoms in total. The number of hydrogen-bond acceptors (Lipinski definition) is 6. The van der Waals surface area contributed by atoms with Gasteiger partial charge in [0.25, 0.3) is 5.91 Å². The van der Waals surface area contributed by atoms with Gasteiger partial charge in [-0.25, -0.2) is 17.9 Å². The predicted octanol–water partition coefficient (Wildman–Crippen LogP) is 0.950. The molecule has 9 heteroatoms. The average Bonchev–Trinajstić information content (AvgIpc) is 3.45. The fourth-order valence-corrected chi connectivity index (χ4v) is 3.51. The summed E-state index contributed by atoms with van der Waals surface area (Å²) in [6.07, 6.45) is 1.76. The highest BCUT2D eigenvalue weighted by molar-refractivity contribution is 7.89. The maximum absolute atomic E-state index is 12.0. The standard InChI is InChI=1S/C17H21N3O5S/c1-3-19-26(23,24)14-8-4-12(5-9-14)16(22)25-10-15(21)20-17(2,11-18)13-6-7-13/h4-5,8-9,13,19H,3,6-7,10H2,1-2H3,(H,20,21)/t17-/m0/s1. The van der Waals surface area contributed by atoms with Gasteiger partial charge < -0.3 is 10.1 Å². The fourth-order valence-electron chi connectivity index (χ4n) is 2.47. The first-order chi connectivity index (χ1) is 12.2. The van der Waals surface area contributed by atoms with Crippen molar-refractivity contribution in [1.82, 2.24) is 10.0 Å². The molecule has 1 saturated carbocycles. The van der Waals surface area contributed by atoms with Crippen LogP contribution in [0.4, 0.5) is 0 Å². The Morgan fingerprint density at radius 3 is 2.42 bits per heavy atom. The Hall–Kier alpha value is -2.44. The van der Waals surface area contributed by atoms with E-state index in [4.69, 9.17) is 4.74 Å². The Bertz CT molecular complexity index is 825. The summed E-state index contributed by atoms with van der Waals surface area (Å²) in [7, 11) is -3.60. The summed E-state index contributed by atoms with van der Waals surface area (Å²) in [5.74, 6) is -1.18. The summed E-state index contributed by atoms with van der Waals surface area (Å²) in [6, 6.07) is 7.29. The van der Waals surface area contributed by atoms with Crippen molar-refractivity contribution in [2.24, 2.45) is 5.92 Å². The zero-order valence-corrected chi connectivity index (χ0v) is 15.4. The first kappa shape index (κ1) is 19.9. The number of sulfonamides is 1. The van der Waals surface area contributed by atoms with Gasteiger partial charge in [0.05, 0.1) is 16.5 Å². The molecule has 0 spiro atoms. The van der Waals surface area contributed by atoms with Crippen molar-refractivity contribution in [2.45, 2.75) is 37.1 Å². The monoisotopic (exact) mass is 379 g/mol. The summed E-state index contributed by atoms with van der Waals surface area (Å²) in [6.45, 7) is 3.05. The van der Waals surface area contributed by atoms with Gasteiger partial charge in [-0.05, 0) is 49.9 Å². The van der Waals surface area contributed by atoms with Crippen LogP contribution in [0.2, 0.25) is 0 Å². The van der Waals surface area contributed by atoms with Gasteiger partial charge in [-0.3, -0.25) is 4.79 Å². The van der Waals surface area contributed by atoms with E-state index in [-0.39, 0.29) is 22.9 Å². The smallest absolute Gasteiger partial charge is 0.338 e. The number of nitrogens with one attached hydrogen (secondary N) is 2. The van der Waals surface area contributed by atoms with Crippen LogP contribution in [0.25, 0.3) is 0 Å². The number of hydrogen-bond donors (Lipinski definition) is 2. The molecule has 2 rings (SSSR count). The van der Waals surface area contributed by atoms with E-state index in [0.717, 1.165) is 12.8 Å². The second-order valence-electron chi connectivity index (χ2n) is 6.24. The van der Waals surface area contributed by atoms with E-state index in [2.05, 4.69) is 16.1 Å². The molecule has 1 aromatic rings. The summed E-state index contributed by atoms with van der Waals surface area (Å²) in [5, 5.41) is 11.8. The minimum absolute atomic E-state index is 0.0304. The van der Waals surface area contributed by atoms with Gasteiger partial charge in [0, 0.05) is 6.54 Å². The average molecular weight is 379 g/mol. The van der Waals surface area contributed by atoms with Crippen LogP contribution in [-0.2, 0) is 19.6 Å². The molecule has 26 heavy (non-hydrogen) atoms. The molecule has 1 aliphatic carbocycles. The molecule has 2 N–H and O–H groups in total. The van der Waals surface area contributed by atoms with Crippen LogP contribution in [0.3, 0.4) is 0 Å². The van der Waals surface area contributed by atoms with Crippen LogP contribution in [0.15, 0.2) is 29.2 Å². The number of amides is 1. The van der Waals surface area contributed by atoms with Crippen molar-refractivity contribution in [2.75, 3.05) is 13.2 Å². The largest absolute Gasteiger partial charge is 0.452 e. The topological polar surface area (TPSA) is 125 Å². The number of carbonyl (C=O) groups is 2. The van der Waals surface area contributed by atoms with Gasteiger partial charge in [-0.15, -0.1) is 0 Å². The van der Waals surface area contributed by atoms with Crippen molar-refractivity contribution < 1.29 is 22.7 Å². The highest BCUT2D eigenvalue weighted by Gasteiger charge is 2.43. The van der Waals surface area contributed by atoms with Crippen molar-refractivity contribution >= 4 is 21.9 Å². The highest BCUT2D eigenvalue weighted by atomic mass is 32.2. The zero-order valence-electron chi connectivity index (χ0n) is 14.6. The second kappa shape index (κ2) is 7.85. The van der Waals surface area contributed by atoms with Crippen LogP contribution >= 0.6 is 0 Å². The minimum Gasteiger partial charge on any atom is -0.452 e. The lowest BCUT2D eigenvalue weighted by molar-refractivity contribution is -0.125. The van der Waals surface area contributed by atoms with E-state index in [1.165, 1.54) is 24.3 Å². The van der Waals surface area contributed by atoms with E-state index in [0.29, 0.717) is 0 Å². The van der Waals surface area contributed by atoms with Crippen molar-refractivity contribution in [3.8, 4) is 6.07 Å². The predicted molar refractivity (Wildman–Crippen MR) is 92.5 cm³/mol. The molecule has 1 atom stereocenters. The Balaban J connectivity index is 1.92. The number of carbonyl (C=O) groups excluding carboxylic acids is 2. The van der Waals surface area contributed by atoms with Gasteiger partial charge in [-0.2, -0.15) is 5.26 Å². The molecule has 1 aromatic carbocycles. The molecule has 140 valence electrons. The number of nitriles is 1. The number of benzene rings is 1. The van der Waals surface area contributed by atoms with Gasteiger partial charge in [0.2, 0.25) is 10.0 Å². The number of ether oxygens (including phenoxy) is 1. The molecule has 0 unspecified atom stereocenters. The quantitative estimate of drug-likeness (QED) is 0.648. The summed E-state index contributed by atoms with van der Waals surface area (Å²) in [5.41, 5.74) is -0.829. The van der Waals surface area contributed by atoms with E-state index in [1.807, 2.05) is 0 Å². The van der Waals surface area contributed by atoms with Crippen LogP contribution in [0.5, 0.6) is 0 Å². The van der Waals surface area contributed by atoms with Crippen LogP contribution < -0.4 is 10.0 Å². The third-order valence-corrected chi connectivity index (χ3v) is 5.66. The lowest BCUT2D eigenvalue weighted by atomic mass is 9.98. The van der Waals surface area contributed by atoms with Gasteiger partial charge in [0.1, 0.15) is 5.54 Å². The first-order valence-corrected chi connectivity index (χ1v) is 9.69. The van der Waals surface area contributed by atoms with Crippen LogP contribution in [0.1, 0.15) is 37.0 Å². The van der Waals surface area contributed by atoms with Crippen molar-refractivity contribution in [3.63, 3.8) is 0 Å². The molecule has 1 aliphatic rings. The van der Waals surface area contributed by atoms with E-state index in [9.17, 15) is 23.3 Å². The molecular weight excluding hydrogens is 358 g/mol. The third kappa shape index (κ3) is 4.80. The molecular formula is C17H21N3O5S. The minimum atomic E-state index is -3.60. The summed E-state index contributed by atoms with van der Waals surface area (Å²) >= 11 is 0. The summed E-state index contributed by atoms with van der Waals surface area (Å²) in [4.78, 5) is 23.9. The van der Waals surface area contributed by atoms with Crippen LogP contribution in [0, 0.1) is 17.2 Å². The lowest BCUT2D eigenvalue weighted by Crippen LogP contribution is -2.48. The first-order valence-electron chi connectivity index (χ1n) is 8.21. The van der Waals surface area contributed by atoms with Gasteiger partial charge in [0.15, 0.2) is 6.61 Å². The molecule has 0 radical (unpaired) electrons. The Morgan fingerprint density at radius 1 is 1.31 bits per heavy atom. The number of nitrogens with zero attached hydrogens (tertiary/aromatic N) is 1. The normalized spacial score (nSPS) is 16.2. The Kier molecular flexibility index (Phi) is 6.00.